The van der Waals surface area contributed by atoms with Crippen LogP contribution in [-0.4, -0.2) is 45.7 Å². The summed E-state index contributed by atoms with van der Waals surface area (Å²) in [4.78, 5) is 11.7. The van der Waals surface area contributed by atoms with Crippen LogP contribution in [0.25, 0.3) is 0 Å². The molecule has 4 aliphatic rings. The Bertz CT molecular complexity index is 620. The minimum atomic E-state index is -0.615. The summed E-state index contributed by atoms with van der Waals surface area (Å²) in [5.41, 5.74) is 0.0637. The molecule has 4 rings (SSSR count). The van der Waals surface area contributed by atoms with Crippen LogP contribution < -0.4 is 0 Å². The van der Waals surface area contributed by atoms with Crippen LogP contribution in [0.3, 0.4) is 0 Å². The van der Waals surface area contributed by atoms with Crippen molar-refractivity contribution in [3.8, 4) is 0 Å². The molecular formula is C23H38O5. The van der Waals surface area contributed by atoms with E-state index in [1.54, 1.807) is 0 Å². The number of aliphatic hydroxyl groups excluding tert-OH is 3. The number of carbonyl (C=O) groups excluding carboxylic acids is 1. The fourth-order valence-electron chi connectivity index (χ4n) is 8.50. The molecule has 0 aliphatic heterocycles. The first-order valence-electron chi connectivity index (χ1n) is 11.3. The van der Waals surface area contributed by atoms with Gasteiger partial charge in [0.05, 0.1) is 18.3 Å². The monoisotopic (exact) mass is 394 g/mol. The molecule has 160 valence electrons. The lowest BCUT2D eigenvalue weighted by molar-refractivity contribution is -0.163. The maximum atomic E-state index is 11.7. The molecule has 0 saturated heterocycles. The van der Waals surface area contributed by atoms with Gasteiger partial charge in [0.2, 0.25) is 0 Å². The van der Waals surface area contributed by atoms with Gasteiger partial charge in [-0.25, -0.2) is 0 Å². The Balaban J connectivity index is 1.63. The first kappa shape index (κ1) is 20.6. The van der Waals surface area contributed by atoms with Gasteiger partial charge in [-0.3, -0.25) is 4.79 Å². The molecule has 4 aliphatic carbocycles. The van der Waals surface area contributed by atoms with Crippen molar-refractivity contribution in [2.75, 3.05) is 0 Å². The number of carbonyl (C=O) groups is 1. The van der Waals surface area contributed by atoms with Gasteiger partial charge in [-0.05, 0) is 86.4 Å². The maximum Gasteiger partial charge on any atom is 0.302 e. The quantitative estimate of drug-likeness (QED) is 0.627. The summed E-state index contributed by atoms with van der Waals surface area (Å²) >= 11 is 0. The van der Waals surface area contributed by atoms with E-state index in [0.29, 0.717) is 30.1 Å². The van der Waals surface area contributed by atoms with Crippen LogP contribution >= 0.6 is 0 Å². The standard InChI is InChI=1S/C23H38O5/c1-12(24)21-20(28-13(2)25)10-17-15-6-5-14-9-18(26)19(27)11-23(14,4)16(15)7-8-22(17,21)3/h12,14-21,24,26-27H,5-11H2,1-4H3. The molecule has 28 heavy (non-hydrogen) atoms. The third-order valence-electron chi connectivity index (χ3n) is 9.61. The van der Waals surface area contributed by atoms with E-state index in [0.717, 1.165) is 38.5 Å². The Morgan fingerprint density at radius 1 is 1.04 bits per heavy atom. The molecule has 0 aromatic carbocycles. The molecule has 0 radical (unpaired) electrons. The second kappa shape index (κ2) is 6.95. The number of hydrogen-bond donors (Lipinski definition) is 3. The van der Waals surface area contributed by atoms with E-state index in [2.05, 4.69) is 13.8 Å². The van der Waals surface area contributed by atoms with Gasteiger partial charge in [-0.15, -0.1) is 0 Å². The highest BCUT2D eigenvalue weighted by Crippen LogP contribution is 2.68. The number of fused-ring (bicyclic) bond motifs is 5. The average Bonchev–Trinajstić information content (AvgIpc) is 2.87. The van der Waals surface area contributed by atoms with Crippen LogP contribution in [0.5, 0.6) is 0 Å². The largest absolute Gasteiger partial charge is 0.462 e. The van der Waals surface area contributed by atoms with Crippen LogP contribution in [0.4, 0.5) is 0 Å². The Hall–Kier alpha value is -0.650. The first-order chi connectivity index (χ1) is 13.1. The molecule has 0 amide bonds. The average molecular weight is 395 g/mol. The minimum Gasteiger partial charge on any atom is -0.462 e. The van der Waals surface area contributed by atoms with Gasteiger partial charge in [-0.1, -0.05) is 13.8 Å². The van der Waals surface area contributed by atoms with E-state index in [-0.39, 0.29) is 28.8 Å². The lowest BCUT2D eigenvalue weighted by Gasteiger charge is -2.61. The van der Waals surface area contributed by atoms with E-state index in [1.807, 2.05) is 6.92 Å². The zero-order valence-corrected chi connectivity index (χ0v) is 17.8. The summed E-state index contributed by atoms with van der Waals surface area (Å²) in [5, 5.41) is 31.2. The van der Waals surface area contributed by atoms with Crippen LogP contribution in [0.2, 0.25) is 0 Å². The summed E-state index contributed by atoms with van der Waals surface area (Å²) in [6.07, 6.45) is 4.75. The summed E-state index contributed by atoms with van der Waals surface area (Å²) in [6, 6.07) is 0. The van der Waals surface area contributed by atoms with E-state index in [4.69, 9.17) is 4.74 Å². The third-order valence-corrected chi connectivity index (χ3v) is 9.61. The maximum absolute atomic E-state index is 11.7. The molecule has 11 atom stereocenters. The lowest BCUT2D eigenvalue weighted by atomic mass is 9.44. The second-order valence-electron chi connectivity index (χ2n) is 10.9. The van der Waals surface area contributed by atoms with Gasteiger partial charge in [0.25, 0.3) is 0 Å². The van der Waals surface area contributed by atoms with Crippen molar-refractivity contribution in [2.24, 2.45) is 40.4 Å². The van der Waals surface area contributed by atoms with Gasteiger partial charge in [0.15, 0.2) is 0 Å². The van der Waals surface area contributed by atoms with Crippen LogP contribution in [0.1, 0.15) is 72.6 Å². The molecular weight excluding hydrogens is 356 g/mol. The van der Waals surface area contributed by atoms with Crippen LogP contribution in [-0.2, 0) is 9.53 Å². The first-order valence-corrected chi connectivity index (χ1v) is 11.3. The molecule has 3 N–H and O–H groups in total. The molecule has 0 spiro atoms. The molecule has 5 nitrogen and oxygen atoms in total. The van der Waals surface area contributed by atoms with Gasteiger partial charge in [-0.2, -0.15) is 0 Å². The predicted octanol–water partition coefficient (Wildman–Crippen LogP) is 2.90. The molecule has 0 aromatic rings. The van der Waals surface area contributed by atoms with Crippen molar-refractivity contribution in [3.05, 3.63) is 0 Å². The van der Waals surface area contributed by atoms with E-state index >= 15 is 0 Å². The highest BCUT2D eigenvalue weighted by atomic mass is 16.5. The van der Waals surface area contributed by atoms with Gasteiger partial charge >= 0.3 is 5.97 Å². The fourth-order valence-corrected chi connectivity index (χ4v) is 8.50. The highest BCUT2D eigenvalue weighted by molar-refractivity contribution is 5.66. The Morgan fingerprint density at radius 3 is 2.39 bits per heavy atom. The van der Waals surface area contributed by atoms with Crippen molar-refractivity contribution < 1.29 is 24.9 Å². The molecule has 4 fully saturated rings. The summed E-state index contributed by atoms with van der Waals surface area (Å²) < 4.78 is 5.71. The summed E-state index contributed by atoms with van der Waals surface area (Å²) in [7, 11) is 0. The highest BCUT2D eigenvalue weighted by Gasteiger charge is 2.64. The molecule has 11 unspecified atom stereocenters. The van der Waals surface area contributed by atoms with Crippen LogP contribution in [0.15, 0.2) is 0 Å². The van der Waals surface area contributed by atoms with Gasteiger partial charge in [0.1, 0.15) is 6.10 Å². The Morgan fingerprint density at radius 2 is 1.75 bits per heavy atom. The normalized spacial score (nSPS) is 54.2. The van der Waals surface area contributed by atoms with Crippen molar-refractivity contribution in [1.82, 2.24) is 0 Å². The zero-order valence-electron chi connectivity index (χ0n) is 17.8. The summed E-state index contributed by atoms with van der Waals surface area (Å²) in [5.74, 6) is 1.74. The topological polar surface area (TPSA) is 87.0 Å². The van der Waals surface area contributed by atoms with Crippen molar-refractivity contribution in [1.29, 1.82) is 0 Å². The number of ether oxygens (including phenoxy) is 1. The van der Waals surface area contributed by atoms with Crippen molar-refractivity contribution in [2.45, 2.75) is 97.1 Å². The SMILES string of the molecule is CC(=O)OC1CC2C3CCC4CC(O)C(O)CC4(C)C3CCC2(C)C1C(C)O. The third kappa shape index (κ3) is 2.95. The van der Waals surface area contributed by atoms with Crippen molar-refractivity contribution in [3.63, 3.8) is 0 Å². The fraction of sp³-hybridized carbons (Fsp3) is 0.957. The Kier molecular flexibility index (Phi) is 5.12. The molecule has 0 aromatic heterocycles. The zero-order chi connectivity index (χ0) is 20.4. The number of rotatable bonds is 2. The number of hydrogen-bond acceptors (Lipinski definition) is 5. The second-order valence-corrected chi connectivity index (χ2v) is 10.9. The van der Waals surface area contributed by atoms with Crippen molar-refractivity contribution >= 4 is 5.97 Å². The number of esters is 1. The predicted molar refractivity (Wildman–Crippen MR) is 105 cm³/mol. The van der Waals surface area contributed by atoms with Gasteiger partial charge < -0.3 is 20.1 Å². The van der Waals surface area contributed by atoms with Crippen LogP contribution in [0, 0.1) is 40.4 Å². The molecule has 4 saturated carbocycles. The van der Waals surface area contributed by atoms with E-state index in [1.165, 1.54) is 6.92 Å². The van der Waals surface area contributed by atoms with E-state index < -0.39 is 18.3 Å². The van der Waals surface area contributed by atoms with Gasteiger partial charge in [0, 0.05) is 12.8 Å². The molecule has 5 heteroatoms. The smallest absolute Gasteiger partial charge is 0.302 e. The lowest BCUT2D eigenvalue weighted by Crippen LogP contribution is -2.57. The minimum absolute atomic E-state index is 0.00773. The molecule has 0 heterocycles. The molecule has 0 bridgehead atoms. The summed E-state index contributed by atoms with van der Waals surface area (Å²) in [6.45, 7) is 7.96. The number of aliphatic hydroxyl groups is 3. The van der Waals surface area contributed by atoms with E-state index in [9.17, 15) is 20.1 Å². The Labute approximate surface area is 168 Å².